The standard InChI is InChI=1S/C16H17ClFNO2/c1-3-21-16-9-14(17)11(8-15(16)20-2)10-19-13-6-4-12(18)5-7-13/h4-9,19H,3,10H2,1-2H3. The fraction of sp³-hybridized carbons (Fsp3) is 0.250. The topological polar surface area (TPSA) is 30.5 Å². The zero-order valence-electron chi connectivity index (χ0n) is 12.0. The maximum atomic E-state index is 12.9. The molecule has 0 aliphatic carbocycles. The fourth-order valence-corrected chi connectivity index (χ4v) is 2.13. The number of rotatable bonds is 6. The van der Waals surface area contributed by atoms with Crippen LogP contribution in [0, 0.1) is 5.82 Å². The quantitative estimate of drug-likeness (QED) is 0.852. The van der Waals surface area contributed by atoms with Crippen molar-refractivity contribution in [2.45, 2.75) is 13.5 Å². The lowest BCUT2D eigenvalue weighted by atomic mass is 10.2. The lowest BCUT2D eigenvalue weighted by Gasteiger charge is -2.14. The third kappa shape index (κ3) is 4.02. The minimum atomic E-state index is -0.263. The maximum absolute atomic E-state index is 12.9. The molecule has 0 radical (unpaired) electrons. The van der Waals surface area contributed by atoms with Crippen LogP contribution >= 0.6 is 11.6 Å². The van der Waals surface area contributed by atoms with Crippen LogP contribution in [0.4, 0.5) is 10.1 Å². The van der Waals surface area contributed by atoms with Crippen LogP contribution in [0.3, 0.4) is 0 Å². The van der Waals surface area contributed by atoms with Gasteiger partial charge in [0.05, 0.1) is 13.7 Å². The molecule has 5 heteroatoms. The first-order valence-corrected chi connectivity index (χ1v) is 7.00. The van der Waals surface area contributed by atoms with E-state index in [0.717, 1.165) is 11.3 Å². The Morgan fingerprint density at radius 3 is 2.48 bits per heavy atom. The van der Waals surface area contributed by atoms with E-state index in [1.54, 1.807) is 25.3 Å². The molecule has 0 spiro atoms. The molecule has 0 saturated heterocycles. The summed E-state index contributed by atoms with van der Waals surface area (Å²) in [6, 6.07) is 9.74. The van der Waals surface area contributed by atoms with Crippen LogP contribution in [-0.4, -0.2) is 13.7 Å². The summed E-state index contributed by atoms with van der Waals surface area (Å²) in [6.45, 7) is 2.95. The van der Waals surface area contributed by atoms with Crippen molar-refractivity contribution in [1.82, 2.24) is 0 Å². The Balaban J connectivity index is 2.14. The second kappa shape index (κ2) is 7.18. The fourth-order valence-electron chi connectivity index (χ4n) is 1.91. The van der Waals surface area contributed by atoms with Crippen molar-refractivity contribution in [3.63, 3.8) is 0 Å². The van der Waals surface area contributed by atoms with Crippen LogP contribution in [0.2, 0.25) is 5.02 Å². The van der Waals surface area contributed by atoms with Crippen LogP contribution in [0.1, 0.15) is 12.5 Å². The van der Waals surface area contributed by atoms with Gasteiger partial charge in [0.2, 0.25) is 0 Å². The lowest BCUT2D eigenvalue weighted by Crippen LogP contribution is -2.02. The van der Waals surface area contributed by atoms with E-state index in [2.05, 4.69) is 5.32 Å². The second-order valence-corrected chi connectivity index (χ2v) is 4.80. The first-order valence-electron chi connectivity index (χ1n) is 6.62. The van der Waals surface area contributed by atoms with E-state index < -0.39 is 0 Å². The van der Waals surface area contributed by atoms with Gasteiger partial charge in [0.15, 0.2) is 11.5 Å². The summed E-state index contributed by atoms with van der Waals surface area (Å²) in [5.41, 5.74) is 1.70. The average molecular weight is 310 g/mol. The third-order valence-electron chi connectivity index (χ3n) is 2.96. The van der Waals surface area contributed by atoms with E-state index in [9.17, 15) is 4.39 Å². The van der Waals surface area contributed by atoms with E-state index in [1.807, 2.05) is 13.0 Å². The predicted octanol–water partition coefficient (Wildman–Crippen LogP) is 4.50. The Hall–Kier alpha value is -1.94. The zero-order valence-corrected chi connectivity index (χ0v) is 12.7. The molecule has 3 nitrogen and oxygen atoms in total. The summed E-state index contributed by atoms with van der Waals surface area (Å²) in [5.74, 6) is 0.994. The molecule has 1 N–H and O–H groups in total. The number of anilines is 1. The number of halogens is 2. The molecule has 0 heterocycles. The van der Waals surface area contributed by atoms with Gasteiger partial charge in [-0.2, -0.15) is 0 Å². The summed E-state index contributed by atoms with van der Waals surface area (Å²) in [7, 11) is 1.59. The molecule has 0 atom stereocenters. The molecule has 0 unspecified atom stereocenters. The molecule has 0 aromatic heterocycles. The number of hydrogen-bond donors (Lipinski definition) is 1. The molecule has 0 amide bonds. The van der Waals surface area contributed by atoms with Gasteiger partial charge in [0.1, 0.15) is 5.82 Å². The summed E-state index contributed by atoms with van der Waals surface area (Å²) < 4.78 is 23.6. The van der Waals surface area contributed by atoms with Gasteiger partial charge in [-0.15, -0.1) is 0 Å². The van der Waals surface area contributed by atoms with E-state index in [-0.39, 0.29) is 5.82 Å². The zero-order chi connectivity index (χ0) is 15.2. The maximum Gasteiger partial charge on any atom is 0.162 e. The Labute approximate surface area is 128 Å². The molecule has 0 aliphatic heterocycles. The van der Waals surface area contributed by atoms with Crippen molar-refractivity contribution in [1.29, 1.82) is 0 Å². The molecule has 2 aromatic rings. The Bertz CT molecular complexity index is 602. The smallest absolute Gasteiger partial charge is 0.162 e. The first-order chi connectivity index (χ1) is 10.1. The van der Waals surface area contributed by atoms with Gasteiger partial charge in [0.25, 0.3) is 0 Å². The van der Waals surface area contributed by atoms with E-state index >= 15 is 0 Å². The molecule has 0 aliphatic rings. The van der Waals surface area contributed by atoms with Crippen LogP contribution < -0.4 is 14.8 Å². The van der Waals surface area contributed by atoms with Crippen molar-refractivity contribution in [3.8, 4) is 11.5 Å². The normalized spacial score (nSPS) is 10.3. The Morgan fingerprint density at radius 1 is 1.14 bits per heavy atom. The lowest BCUT2D eigenvalue weighted by molar-refractivity contribution is 0.311. The number of ether oxygens (including phenoxy) is 2. The van der Waals surface area contributed by atoms with Gasteiger partial charge in [-0.3, -0.25) is 0 Å². The highest BCUT2D eigenvalue weighted by Crippen LogP contribution is 2.33. The molecular formula is C16H17ClFNO2. The predicted molar refractivity (Wildman–Crippen MR) is 82.9 cm³/mol. The summed E-state index contributed by atoms with van der Waals surface area (Å²) in [6.07, 6.45) is 0. The molecule has 0 saturated carbocycles. The van der Waals surface area contributed by atoms with Crippen molar-refractivity contribution in [2.75, 3.05) is 19.0 Å². The highest BCUT2D eigenvalue weighted by Gasteiger charge is 2.10. The summed E-state index contributed by atoms with van der Waals surface area (Å²) in [4.78, 5) is 0. The third-order valence-corrected chi connectivity index (χ3v) is 3.31. The van der Waals surface area contributed by atoms with E-state index in [4.69, 9.17) is 21.1 Å². The molecule has 21 heavy (non-hydrogen) atoms. The minimum Gasteiger partial charge on any atom is -0.493 e. The highest BCUT2D eigenvalue weighted by atomic mass is 35.5. The van der Waals surface area contributed by atoms with E-state index in [1.165, 1.54) is 12.1 Å². The largest absolute Gasteiger partial charge is 0.493 e. The van der Waals surface area contributed by atoms with E-state index in [0.29, 0.717) is 29.7 Å². The molecule has 2 aromatic carbocycles. The van der Waals surface area contributed by atoms with Gasteiger partial charge in [0, 0.05) is 23.3 Å². The van der Waals surface area contributed by atoms with Gasteiger partial charge >= 0.3 is 0 Å². The van der Waals surface area contributed by atoms with Crippen LogP contribution in [0.5, 0.6) is 11.5 Å². The minimum absolute atomic E-state index is 0.263. The van der Waals surface area contributed by atoms with Gasteiger partial charge in [-0.25, -0.2) is 4.39 Å². The van der Waals surface area contributed by atoms with Crippen molar-refractivity contribution >= 4 is 17.3 Å². The Kier molecular flexibility index (Phi) is 5.28. The van der Waals surface area contributed by atoms with Crippen LogP contribution in [0.15, 0.2) is 36.4 Å². The number of methoxy groups -OCH3 is 1. The first kappa shape index (κ1) is 15.4. The molecule has 0 fully saturated rings. The average Bonchev–Trinajstić information content (AvgIpc) is 2.48. The van der Waals surface area contributed by atoms with Crippen LogP contribution in [-0.2, 0) is 6.54 Å². The van der Waals surface area contributed by atoms with Crippen LogP contribution in [0.25, 0.3) is 0 Å². The Morgan fingerprint density at radius 2 is 1.86 bits per heavy atom. The molecule has 2 rings (SSSR count). The van der Waals surface area contributed by atoms with Crippen molar-refractivity contribution in [2.24, 2.45) is 0 Å². The molecule has 0 bridgehead atoms. The second-order valence-electron chi connectivity index (χ2n) is 4.39. The SMILES string of the molecule is CCOc1cc(Cl)c(CNc2ccc(F)cc2)cc1OC. The summed E-state index contributed by atoms with van der Waals surface area (Å²) in [5, 5.41) is 3.78. The number of hydrogen-bond acceptors (Lipinski definition) is 3. The number of benzene rings is 2. The highest BCUT2D eigenvalue weighted by molar-refractivity contribution is 6.31. The van der Waals surface area contributed by atoms with Crippen molar-refractivity contribution in [3.05, 3.63) is 52.8 Å². The molecular weight excluding hydrogens is 293 g/mol. The van der Waals surface area contributed by atoms with Crippen molar-refractivity contribution < 1.29 is 13.9 Å². The monoisotopic (exact) mass is 309 g/mol. The van der Waals surface area contributed by atoms with Gasteiger partial charge < -0.3 is 14.8 Å². The van der Waals surface area contributed by atoms with Gasteiger partial charge in [-0.05, 0) is 42.8 Å². The van der Waals surface area contributed by atoms with Gasteiger partial charge in [-0.1, -0.05) is 11.6 Å². The molecule has 112 valence electrons. The summed E-state index contributed by atoms with van der Waals surface area (Å²) >= 11 is 6.25. The number of nitrogens with one attached hydrogen (secondary N) is 1.